The Hall–Kier alpha value is -1.81. The van der Waals surface area contributed by atoms with E-state index >= 15 is 0 Å². The van der Waals surface area contributed by atoms with E-state index in [2.05, 4.69) is 18.5 Å². The van der Waals surface area contributed by atoms with Crippen molar-refractivity contribution in [1.82, 2.24) is 9.80 Å². The van der Waals surface area contributed by atoms with Crippen LogP contribution in [0.25, 0.3) is 0 Å². The molecule has 1 aliphatic rings. The third-order valence-corrected chi connectivity index (χ3v) is 3.27. The minimum atomic E-state index is -0.260. The molecule has 0 bridgehead atoms. The van der Waals surface area contributed by atoms with Crippen LogP contribution in [0.1, 0.15) is 5.56 Å². The van der Waals surface area contributed by atoms with Crippen LogP contribution in [0.4, 0.5) is 4.79 Å². The number of hydrogen-bond acceptors (Lipinski definition) is 3. The van der Waals surface area contributed by atoms with Crippen molar-refractivity contribution in [3.05, 3.63) is 42.5 Å². The molecule has 2 rings (SSSR count). The smallest absolute Gasteiger partial charge is 0.410 e. The van der Waals surface area contributed by atoms with Gasteiger partial charge in [0.05, 0.1) is 0 Å². The Labute approximate surface area is 114 Å². The van der Waals surface area contributed by atoms with Crippen molar-refractivity contribution in [2.45, 2.75) is 6.42 Å². The molecule has 102 valence electrons. The Morgan fingerprint density at radius 2 is 1.89 bits per heavy atom. The number of nitrogens with zero attached hydrogens (tertiary/aromatic N) is 2. The molecule has 1 aliphatic heterocycles. The first-order valence-electron chi connectivity index (χ1n) is 6.54. The Balaban J connectivity index is 1.89. The number of rotatable bonds is 3. The average Bonchev–Trinajstić information content (AvgIpc) is 2.42. The lowest BCUT2D eigenvalue weighted by molar-refractivity contribution is 0.120. The number of carbonyl (C=O) groups excluding carboxylic acids is 1. The molecule has 1 saturated heterocycles. The van der Waals surface area contributed by atoms with Crippen LogP contribution in [0.3, 0.4) is 0 Å². The van der Waals surface area contributed by atoms with Gasteiger partial charge in [-0.05, 0) is 31.2 Å². The Morgan fingerprint density at radius 3 is 2.47 bits per heavy atom. The van der Waals surface area contributed by atoms with E-state index in [-0.39, 0.29) is 6.09 Å². The molecule has 0 atom stereocenters. The SMILES string of the molecule is C=CCc1ccc(OC(=O)N2CCN(C)CC2)cc1. The van der Waals surface area contributed by atoms with Gasteiger partial charge in [0.15, 0.2) is 0 Å². The molecule has 0 saturated carbocycles. The summed E-state index contributed by atoms with van der Waals surface area (Å²) in [5.41, 5.74) is 1.16. The van der Waals surface area contributed by atoms with E-state index in [1.165, 1.54) is 0 Å². The van der Waals surface area contributed by atoms with Crippen molar-refractivity contribution >= 4 is 6.09 Å². The van der Waals surface area contributed by atoms with Crippen LogP contribution in [0.5, 0.6) is 5.75 Å². The van der Waals surface area contributed by atoms with Gasteiger partial charge in [0, 0.05) is 26.2 Å². The number of benzene rings is 1. The second kappa shape index (κ2) is 6.38. The van der Waals surface area contributed by atoms with E-state index in [0.29, 0.717) is 5.75 Å². The van der Waals surface area contributed by atoms with Crippen LogP contribution in [0, 0.1) is 0 Å². The van der Waals surface area contributed by atoms with Gasteiger partial charge in [0.25, 0.3) is 0 Å². The fourth-order valence-corrected chi connectivity index (χ4v) is 2.01. The highest BCUT2D eigenvalue weighted by Gasteiger charge is 2.20. The largest absolute Gasteiger partial charge is 0.415 e. The summed E-state index contributed by atoms with van der Waals surface area (Å²) in [6, 6.07) is 7.56. The van der Waals surface area contributed by atoms with Crippen LogP contribution in [-0.2, 0) is 6.42 Å². The number of ether oxygens (including phenoxy) is 1. The topological polar surface area (TPSA) is 32.8 Å². The highest BCUT2D eigenvalue weighted by molar-refractivity contribution is 5.70. The molecular formula is C15H20N2O2. The summed E-state index contributed by atoms with van der Waals surface area (Å²) in [5.74, 6) is 0.594. The van der Waals surface area contributed by atoms with Crippen molar-refractivity contribution in [2.24, 2.45) is 0 Å². The van der Waals surface area contributed by atoms with Gasteiger partial charge in [-0.25, -0.2) is 4.79 Å². The third kappa shape index (κ3) is 3.83. The maximum atomic E-state index is 12.0. The average molecular weight is 260 g/mol. The van der Waals surface area contributed by atoms with Gasteiger partial charge >= 0.3 is 6.09 Å². The number of allylic oxidation sites excluding steroid dienone is 1. The summed E-state index contributed by atoms with van der Waals surface area (Å²) < 4.78 is 5.36. The molecule has 1 fully saturated rings. The fourth-order valence-electron chi connectivity index (χ4n) is 2.01. The Bertz CT molecular complexity index is 434. The molecule has 19 heavy (non-hydrogen) atoms. The van der Waals surface area contributed by atoms with Crippen molar-refractivity contribution in [2.75, 3.05) is 33.2 Å². The minimum absolute atomic E-state index is 0.260. The maximum absolute atomic E-state index is 12.0. The summed E-state index contributed by atoms with van der Waals surface area (Å²) in [6.07, 6.45) is 2.42. The molecule has 0 N–H and O–H groups in total. The zero-order valence-electron chi connectivity index (χ0n) is 11.3. The van der Waals surface area contributed by atoms with E-state index in [4.69, 9.17) is 4.74 Å². The highest BCUT2D eigenvalue weighted by Crippen LogP contribution is 2.14. The van der Waals surface area contributed by atoms with Crippen molar-refractivity contribution in [3.8, 4) is 5.75 Å². The number of carbonyl (C=O) groups is 1. The molecular weight excluding hydrogens is 240 g/mol. The highest BCUT2D eigenvalue weighted by atomic mass is 16.6. The first-order chi connectivity index (χ1) is 9.19. The molecule has 1 heterocycles. The van der Waals surface area contributed by atoms with Crippen LogP contribution < -0.4 is 4.74 Å². The quantitative estimate of drug-likeness (QED) is 0.781. The van der Waals surface area contributed by atoms with Crippen LogP contribution in [0.15, 0.2) is 36.9 Å². The summed E-state index contributed by atoms with van der Waals surface area (Å²) in [5, 5.41) is 0. The fraction of sp³-hybridized carbons (Fsp3) is 0.400. The minimum Gasteiger partial charge on any atom is -0.410 e. The maximum Gasteiger partial charge on any atom is 0.415 e. The van der Waals surface area contributed by atoms with E-state index < -0.39 is 0 Å². The third-order valence-electron chi connectivity index (χ3n) is 3.27. The van der Waals surface area contributed by atoms with Crippen molar-refractivity contribution < 1.29 is 9.53 Å². The lowest BCUT2D eigenvalue weighted by Crippen LogP contribution is -2.48. The molecule has 4 heteroatoms. The van der Waals surface area contributed by atoms with Gasteiger partial charge in [-0.3, -0.25) is 0 Å². The van der Waals surface area contributed by atoms with Gasteiger partial charge in [-0.1, -0.05) is 18.2 Å². The number of amides is 1. The Kier molecular flexibility index (Phi) is 4.58. The van der Waals surface area contributed by atoms with Crippen molar-refractivity contribution in [1.29, 1.82) is 0 Å². The van der Waals surface area contributed by atoms with E-state index in [9.17, 15) is 4.79 Å². The predicted octanol–water partition coefficient (Wildman–Crippen LogP) is 2.16. The number of hydrogen-bond donors (Lipinski definition) is 0. The normalized spacial score (nSPS) is 16.2. The van der Waals surface area contributed by atoms with Crippen LogP contribution in [0.2, 0.25) is 0 Å². The second-order valence-electron chi connectivity index (χ2n) is 4.80. The zero-order valence-corrected chi connectivity index (χ0v) is 11.3. The summed E-state index contributed by atoms with van der Waals surface area (Å²) in [4.78, 5) is 15.9. The Morgan fingerprint density at radius 1 is 1.26 bits per heavy atom. The van der Waals surface area contributed by atoms with E-state index in [1.54, 1.807) is 4.90 Å². The van der Waals surface area contributed by atoms with E-state index in [0.717, 1.165) is 38.2 Å². The molecule has 1 amide bonds. The summed E-state index contributed by atoms with van der Waals surface area (Å²) in [7, 11) is 2.06. The first kappa shape index (κ1) is 13.6. The van der Waals surface area contributed by atoms with Gasteiger partial charge in [-0.15, -0.1) is 6.58 Å². The molecule has 0 radical (unpaired) electrons. The van der Waals surface area contributed by atoms with Gasteiger partial charge in [-0.2, -0.15) is 0 Å². The second-order valence-corrected chi connectivity index (χ2v) is 4.80. The number of piperazine rings is 1. The molecule has 4 nitrogen and oxygen atoms in total. The molecule has 0 unspecified atom stereocenters. The van der Waals surface area contributed by atoms with Gasteiger partial charge in [0.2, 0.25) is 0 Å². The lowest BCUT2D eigenvalue weighted by Gasteiger charge is -2.31. The van der Waals surface area contributed by atoms with Gasteiger partial charge < -0.3 is 14.5 Å². The molecule has 1 aromatic rings. The number of likely N-dealkylation sites (N-methyl/N-ethyl adjacent to an activating group) is 1. The summed E-state index contributed by atoms with van der Waals surface area (Å²) in [6.45, 7) is 6.94. The first-order valence-corrected chi connectivity index (χ1v) is 6.54. The van der Waals surface area contributed by atoms with Crippen LogP contribution in [-0.4, -0.2) is 49.1 Å². The molecule has 0 aliphatic carbocycles. The summed E-state index contributed by atoms with van der Waals surface area (Å²) >= 11 is 0. The zero-order chi connectivity index (χ0) is 13.7. The lowest BCUT2D eigenvalue weighted by atomic mass is 10.1. The molecule has 0 spiro atoms. The molecule has 1 aromatic carbocycles. The van der Waals surface area contributed by atoms with E-state index in [1.807, 2.05) is 30.3 Å². The standard InChI is InChI=1S/C15H20N2O2/c1-3-4-13-5-7-14(8-6-13)19-15(18)17-11-9-16(2)10-12-17/h3,5-8H,1,4,9-12H2,2H3. The molecule has 0 aromatic heterocycles. The van der Waals surface area contributed by atoms with Crippen LogP contribution >= 0.6 is 0 Å². The van der Waals surface area contributed by atoms with Gasteiger partial charge in [0.1, 0.15) is 5.75 Å². The predicted molar refractivity (Wildman–Crippen MR) is 75.4 cm³/mol. The monoisotopic (exact) mass is 260 g/mol. The van der Waals surface area contributed by atoms with Crippen molar-refractivity contribution in [3.63, 3.8) is 0 Å².